The minimum atomic E-state index is -5.02. The van der Waals surface area contributed by atoms with E-state index in [2.05, 4.69) is 11.0 Å². The number of piperidine rings is 1. The van der Waals surface area contributed by atoms with Crippen LogP contribution in [0.5, 0.6) is 0 Å². The highest BCUT2D eigenvalue weighted by Crippen LogP contribution is 2.55. The zero-order valence-corrected chi connectivity index (χ0v) is 25.9. The molecular formula is C38H34F6N2O2. The Bertz CT molecular complexity index is 1680. The molecule has 4 nitrogen and oxygen atoms in total. The Balaban J connectivity index is 1.44. The van der Waals surface area contributed by atoms with Crippen LogP contribution in [0.15, 0.2) is 109 Å². The highest BCUT2D eigenvalue weighted by molar-refractivity contribution is 5.36. The van der Waals surface area contributed by atoms with Crippen LogP contribution in [0, 0.1) is 17.2 Å². The van der Waals surface area contributed by atoms with Crippen LogP contribution in [0.4, 0.5) is 26.3 Å². The first-order valence-corrected chi connectivity index (χ1v) is 15.8. The van der Waals surface area contributed by atoms with E-state index in [1.165, 1.54) is 0 Å². The van der Waals surface area contributed by atoms with Gasteiger partial charge in [0.1, 0.15) is 6.10 Å². The third-order valence-corrected chi connectivity index (χ3v) is 9.49. The van der Waals surface area contributed by atoms with Crippen LogP contribution in [0.2, 0.25) is 0 Å². The van der Waals surface area contributed by atoms with Crippen molar-refractivity contribution < 1.29 is 35.8 Å². The van der Waals surface area contributed by atoms with Crippen molar-refractivity contribution in [3.8, 4) is 6.07 Å². The maximum atomic E-state index is 14.0. The fraction of sp³-hybridized carbons (Fsp3) is 0.342. The van der Waals surface area contributed by atoms with Crippen molar-refractivity contribution in [3.05, 3.63) is 143 Å². The van der Waals surface area contributed by atoms with E-state index in [0.717, 1.165) is 28.8 Å². The molecule has 0 N–H and O–H groups in total. The Morgan fingerprint density at radius 3 is 1.90 bits per heavy atom. The van der Waals surface area contributed by atoms with Gasteiger partial charge in [0.15, 0.2) is 0 Å². The Morgan fingerprint density at radius 1 is 0.771 bits per heavy atom. The molecule has 2 fully saturated rings. The zero-order chi connectivity index (χ0) is 33.9. The standard InChI is InChI=1S/C38H34F6N2O2/c39-37(40,41)31-18-28(19-32(20-31)38(42,43)44)34(25-47-24-27-12-6-2-7-13-27)48-35-17-16-33-29(22-45)21-36(35,30-14-8-3-9-15-30)46(33)23-26-10-4-1-5-11-26/h1-15,18-20,29,33-35H,16-17,21,23-25H2/t29-,33-,34-,35+,36+/m0/s1. The molecular weight excluding hydrogens is 630 g/mol. The van der Waals surface area contributed by atoms with Gasteiger partial charge in [0.05, 0.1) is 48.0 Å². The maximum absolute atomic E-state index is 14.0. The van der Waals surface area contributed by atoms with Crippen LogP contribution in [0.25, 0.3) is 0 Å². The first-order chi connectivity index (χ1) is 23.0. The summed E-state index contributed by atoms with van der Waals surface area (Å²) in [6, 6.07) is 32.3. The summed E-state index contributed by atoms with van der Waals surface area (Å²) in [6.07, 6.45) is -10.6. The number of hydrogen-bond donors (Lipinski definition) is 0. The number of rotatable bonds is 10. The van der Waals surface area contributed by atoms with Crippen LogP contribution >= 0.6 is 0 Å². The van der Waals surface area contributed by atoms with E-state index in [-0.39, 0.29) is 36.8 Å². The number of halogens is 6. The van der Waals surface area contributed by atoms with E-state index in [1.807, 2.05) is 91.0 Å². The van der Waals surface area contributed by atoms with Gasteiger partial charge in [0, 0.05) is 12.6 Å². The second-order valence-electron chi connectivity index (χ2n) is 12.4. The predicted molar refractivity (Wildman–Crippen MR) is 167 cm³/mol. The van der Waals surface area contributed by atoms with Crippen LogP contribution in [-0.4, -0.2) is 23.7 Å². The number of alkyl halides is 6. The Hall–Kier alpha value is -4.17. The Labute approximate surface area is 275 Å². The molecule has 48 heavy (non-hydrogen) atoms. The molecule has 2 heterocycles. The molecule has 0 radical (unpaired) electrons. The quantitative estimate of drug-likeness (QED) is 0.159. The minimum absolute atomic E-state index is 0.0823. The predicted octanol–water partition coefficient (Wildman–Crippen LogP) is 9.47. The third kappa shape index (κ3) is 7.00. The molecule has 10 heteroatoms. The van der Waals surface area contributed by atoms with E-state index in [1.54, 1.807) is 0 Å². The van der Waals surface area contributed by atoms with Gasteiger partial charge in [-0.15, -0.1) is 0 Å². The molecule has 0 unspecified atom stereocenters. The maximum Gasteiger partial charge on any atom is 0.416 e. The van der Waals surface area contributed by atoms with Crippen molar-refractivity contribution in [1.29, 1.82) is 5.26 Å². The zero-order valence-electron chi connectivity index (χ0n) is 25.9. The second-order valence-corrected chi connectivity index (χ2v) is 12.4. The van der Waals surface area contributed by atoms with E-state index in [4.69, 9.17) is 9.47 Å². The molecule has 2 saturated heterocycles. The molecule has 0 aliphatic carbocycles. The lowest BCUT2D eigenvalue weighted by Gasteiger charge is -2.51. The Morgan fingerprint density at radius 2 is 1.33 bits per heavy atom. The summed E-state index contributed by atoms with van der Waals surface area (Å²) in [5, 5.41) is 10.3. The number of nitrogens with zero attached hydrogens (tertiary/aromatic N) is 2. The topological polar surface area (TPSA) is 45.5 Å². The fourth-order valence-electron chi connectivity index (χ4n) is 7.32. The molecule has 4 aromatic carbocycles. The normalized spacial score (nSPS) is 23.5. The largest absolute Gasteiger partial charge is 0.416 e. The smallest absolute Gasteiger partial charge is 0.374 e. The van der Waals surface area contributed by atoms with Gasteiger partial charge in [-0.1, -0.05) is 91.0 Å². The molecule has 2 bridgehead atoms. The van der Waals surface area contributed by atoms with Crippen molar-refractivity contribution in [2.75, 3.05) is 6.61 Å². The molecule has 250 valence electrons. The molecule has 0 spiro atoms. The summed E-state index contributed by atoms with van der Waals surface area (Å²) in [7, 11) is 0. The Kier molecular flexibility index (Phi) is 9.66. The van der Waals surface area contributed by atoms with Gasteiger partial charge in [-0.2, -0.15) is 31.6 Å². The van der Waals surface area contributed by atoms with Gasteiger partial charge in [-0.05, 0) is 59.7 Å². The first kappa shape index (κ1) is 33.7. The SMILES string of the molecule is N#C[C@@H]1C[C@@]2(c3ccccc3)[C@H](O[C@@H](COCc3ccccc3)c3cc(C(F)(F)F)cc(C(F)(F)F)c3)CC[C@@H]1N2Cc1ccccc1. The number of benzene rings is 4. The van der Waals surface area contributed by atoms with Crippen LogP contribution < -0.4 is 0 Å². The van der Waals surface area contributed by atoms with Gasteiger partial charge in [-0.25, -0.2) is 0 Å². The number of fused-ring (bicyclic) bond motifs is 2. The summed E-state index contributed by atoms with van der Waals surface area (Å²) in [5.74, 6) is -0.360. The van der Waals surface area contributed by atoms with Crippen molar-refractivity contribution in [3.63, 3.8) is 0 Å². The second kappa shape index (κ2) is 13.7. The van der Waals surface area contributed by atoms with Crippen molar-refractivity contribution in [2.45, 2.75) is 68.6 Å². The van der Waals surface area contributed by atoms with Crippen LogP contribution in [0.1, 0.15) is 58.7 Å². The minimum Gasteiger partial charge on any atom is -0.374 e. The number of hydrogen-bond acceptors (Lipinski definition) is 4. The van der Waals surface area contributed by atoms with Gasteiger partial charge in [-0.3, -0.25) is 4.90 Å². The lowest BCUT2D eigenvalue weighted by atomic mass is 9.78. The van der Waals surface area contributed by atoms with Gasteiger partial charge in [0.25, 0.3) is 0 Å². The molecule has 0 amide bonds. The third-order valence-electron chi connectivity index (χ3n) is 9.49. The van der Waals surface area contributed by atoms with E-state index in [9.17, 15) is 31.6 Å². The van der Waals surface area contributed by atoms with Gasteiger partial charge >= 0.3 is 12.4 Å². The monoisotopic (exact) mass is 664 g/mol. The molecule has 6 rings (SSSR count). The van der Waals surface area contributed by atoms with E-state index >= 15 is 0 Å². The van der Waals surface area contributed by atoms with Gasteiger partial charge < -0.3 is 9.47 Å². The number of nitriles is 1. The van der Waals surface area contributed by atoms with Crippen molar-refractivity contribution in [1.82, 2.24) is 4.90 Å². The van der Waals surface area contributed by atoms with Crippen molar-refractivity contribution in [2.24, 2.45) is 5.92 Å². The summed E-state index contributed by atoms with van der Waals surface area (Å²) < 4.78 is 96.7. The molecule has 5 atom stereocenters. The lowest BCUT2D eigenvalue weighted by molar-refractivity contribution is -0.150. The molecule has 0 saturated carbocycles. The average molecular weight is 665 g/mol. The molecule has 0 aromatic heterocycles. The van der Waals surface area contributed by atoms with Gasteiger partial charge in [0.2, 0.25) is 0 Å². The van der Waals surface area contributed by atoms with Crippen LogP contribution in [-0.2, 0) is 40.5 Å². The summed E-state index contributed by atoms with van der Waals surface area (Å²) in [4.78, 5) is 2.26. The average Bonchev–Trinajstić information content (AvgIpc) is 3.29. The van der Waals surface area contributed by atoms with E-state index < -0.39 is 41.2 Å². The molecule has 2 aliphatic rings. The van der Waals surface area contributed by atoms with Crippen molar-refractivity contribution >= 4 is 0 Å². The fourth-order valence-corrected chi connectivity index (χ4v) is 7.32. The van der Waals surface area contributed by atoms with E-state index in [0.29, 0.717) is 25.8 Å². The molecule has 4 aromatic rings. The summed E-state index contributed by atoms with van der Waals surface area (Å²) >= 11 is 0. The number of ether oxygens (including phenoxy) is 2. The lowest BCUT2D eigenvalue weighted by Crippen LogP contribution is -2.57. The molecule has 2 aliphatic heterocycles. The highest BCUT2D eigenvalue weighted by atomic mass is 19.4. The highest BCUT2D eigenvalue weighted by Gasteiger charge is 2.60. The summed E-state index contributed by atoms with van der Waals surface area (Å²) in [5.41, 5.74) is -1.32. The first-order valence-electron chi connectivity index (χ1n) is 15.8. The van der Waals surface area contributed by atoms with Crippen LogP contribution in [0.3, 0.4) is 0 Å². The summed E-state index contributed by atoms with van der Waals surface area (Å²) in [6.45, 7) is 0.271.